The number of halogens is 2. The van der Waals surface area contributed by atoms with Gasteiger partial charge in [0.2, 0.25) is 0 Å². The first kappa shape index (κ1) is 16.1. The third-order valence-corrected chi connectivity index (χ3v) is 4.59. The van der Waals surface area contributed by atoms with E-state index < -0.39 is 11.6 Å². The fourth-order valence-electron chi connectivity index (χ4n) is 3.41. The van der Waals surface area contributed by atoms with E-state index in [1.54, 1.807) is 6.07 Å². The molecule has 1 aliphatic heterocycles. The van der Waals surface area contributed by atoms with Gasteiger partial charge in [0.05, 0.1) is 6.20 Å². The molecule has 124 valence electrons. The Balaban J connectivity index is 1.51. The van der Waals surface area contributed by atoms with E-state index in [0.29, 0.717) is 5.92 Å². The third kappa shape index (κ3) is 4.38. The van der Waals surface area contributed by atoms with Crippen molar-refractivity contribution in [2.24, 2.45) is 13.0 Å². The number of likely N-dealkylation sites (tertiary alicyclic amines) is 1. The topological polar surface area (TPSA) is 21.1 Å². The average Bonchev–Trinajstić information content (AvgIpc) is 2.94. The molecular weight excluding hydrogens is 296 g/mol. The van der Waals surface area contributed by atoms with Crippen molar-refractivity contribution >= 4 is 0 Å². The van der Waals surface area contributed by atoms with Crippen LogP contribution in [-0.4, -0.2) is 27.8 Å². The minimum Gasteiger partial charge on any atom is -0.299 e. The monoisotopic (exact) mass is 319 g/mol. The van der Waals surface area contributed by atoms with Crippen LogP contribution < -0.4 is 0 Å². The van der Waals surface area contributed by atoms with Gasteiger partial charge in [-0.25, -0.2) is 8.78 Å². The molecule has 0 unspecified atom stereocenters. The Kier molecular flexibility index (Phi) is 5.06. The summed E-state index contributed by atoms with van der Waals surface area (Å²) in [7, 11) is 1.93. The van der Waals surface area contributed by atoms with Crippen LogP contribution in [0.15, 0.2) is 30.6 Å². The first-order valence-electron chi connectivity index (χ1n) is 8.24. The molecule has 0 aliphatic carbocycles. The lowest BCUT2D eigenvalue weighted by molar-refractivity contribution is 0.162. The quantitative estimate of drug-likeness (QED) is 0.840. The molecule has 0 bridgehead atoms. The number of piperidine rings is 1. The minimum atomic E-state index is -0.769. The van der Waals surface area contributed by atoms with Crippen LogP contribution >= 0.6 is 0 Å². The molecule has 2 aromatic rings. The van der Waals surface area contributed by atoms with E-state index in [-0.39, 0.29) is 0 Å². The average molecular weight is 319 g/mol. The van der Waals surface area contributed by atoms with Gasteiger partial charge in [0.1, 0.15) is 0 Å². The predicted octanol–water partition coefficient (Wildman–Crippen LogP) is 3.54. The SMILES string of the molecule is Cn1cc(CN2CCC[C@H](CCc3ccc(F)c(F)c3)C2)cn1. The number of hydrogen-bond donors (Lipinski definition) is 0. The summed E-state index contributed by atoms with van der Waals surface area (Å²) in [6.07, 6.45) is 8.23. The van der Waals surface area contributed by atoms with Crippen LogP contribution in [0.3, 0.4) is 0 Å². The number of aryl methyl sites for hydroxylation is 2. The van der Waals surface area contributed by atoms with Gasteiger partial charge in [-0.05, 0) is 55.8 Å². The molecule has 1 aromatic carbocycles. The summed E-state index contributed by atoms with van der Waals surface area (Å²) in [6.45, 7) is 3.13. The van der Waals surface area contributed by atoms with Crippen molar-refractivity contribution < 1.29 is 8.78 Å². The lowest BCUT2D eigenvalue weighted by Gasteiger charge is -2.32. The van der Waals surface area contributed by atoms with Crippen LogP contribution in [0.4, 0.5) is 8.78 Å². The van der Waals surface area contributed by atoms with E-state index >= 15 is 0 Å². The summed E-state index contributed by atoms with van der Waals surface area (Å²) in [5.41, 5.74) is 2.13. The second kappa shape index (κ2) is 7.21. The molecule has 0 spiro atoms. The van der Waals surface area contributed by atoms with Crippen molar-refractivity contribution in [3.05, 3.63) is 53.4 Å². The van der Waals surface area contributed by atoms with E-state index in [2.05, 4.69) is 16.2 Å². The van der Waals surface area contributed by atoms with Gasteiger partial charge < -0.3 is 0 Å². The minimum absolute atomic E-state index is 0.619. The van der Waals surface area contributed by atoms with Gasteiger partial charge in [-0.1, -0.05) is 6.07 Å². The number of aromatic nitrogens is 2. The molecule has 0 amide bonds. The highest BCUT2D eigenvalue weighted by molar-refractivity contribution is 5.18. The molecule has 1 aliphatic rings. The van der Waals surface area contributed by atoms with Crippen molar-refractivity contribution in [1.29, 1.82) is 0 Å². The summed E-state index contributed by atoms with van der Waals surface area (Å²) in [4.78, 5) is 2.47. The van der Waals surface area contributed by atoms with Gasteiger partial charge in [0.15, 0.2) is 11.6 Å². The standard InChI is InChI=1S/C18H23F2N3/c1-22-11-16(10-21-22)13-23-8-2-3-15(12-23)5-4-14-6-7-17(19)18(20)9-14/h6-7,9-11,15H,2-5,8,12-13H2,1H3/t15-/m1/s1. The fraction of sp³-hybridized carbons (Fsp3) is 0.500. The number of hydrogen-bond acceptors (Lipinski definition) is 2. The van der Waals surface area contributed by atoms with E-state index in [9.17, 15) is 8.78 Å². The maximum absolute atomic E-state index is 13.3. The van der Waals surface area contributed by atoms with Crippen LogP contribution in [0, 0.1) is 17.6 Å². The zero-order chi connectivity index (χ0) is 16.2. The van der Waals surface area contributed by atoms with Crippen LogP contribution in [0.5, 0.6) is 0 Å². The molecule has 23 heavy (non-hydrogen) atoms. The van der Waals surface area contributed by atoms with Crippen LogP contribution in [0.1, 0.15) is 30.4 Å². The third-order valence-electron chi connectivity index (χ3n) is 4.59. The van der Waals surface area contributed by atoms with Gasteiger partial charge >= 0.3 is 0 Å². The van der Waals surface area contributed by atoms with Gasteiger partial charge in [0, 0.05) is 31.9 Å². The molecule has 1 saturated heterocycles. The summed E-state index contributed by atoms with van der Waals surface area (Å²) < 4.78 is 28.1. The van der Waals surface area contributed by atoms with Gasteiger partial charge in [-0.2, -0.15) is 5.10 Å². The maximum Gasteiger partial charge on any atom is 0.159 e. The largest absolute Gasteiger partial charge is 0.299 e. The predicted molar refractivity (Wildman–Crippen MR) is 85.9 cm³/mol. The first-order chi connectivity index (χ1) is 11.1. The van der Waals surface area contributed by atoms with Crippen LogP contribution in [0.25, 0.3) is 0 Å². The molecule has 2 heterocycles. The highest BCUT2D eigenvalue weighted by Gasteiger charge is 2.20. The summed E-state index contributed by atoms with van der Waals surface area (Å²) in [5.74, 6) is -0.896. The Morgan fingerprint density at radius 3 is 2.83 bits per heavy atom. The van der Waals surface area contributed by atoms with Gasteiger partial charge in [-0.15, -0.1) is 0 Å². The molecule has 1 fully saturated rings. The fourth-order valence-corrected chi connectivity index (χ4v) is 3.41. The van der Waals surface area contributed by atoms with E-state index in [0.717, 1.165) is 38.0 Å². The Morgan fingerprint density at radius 1 is 1.22 bits per heavy atom. The Hall–Kier alpha value is -1.75. The molecule has 5 heteroatoms. The van der Waals surface area contributed by atoms with Crippen molar-refractivity contribution in [2.75, 3.05) is 13.1 Å². The van der Waals surface area contributed by atoms with Crippen LogP contribution in [0.2, 0.25) is 0 Å². The molecule has 0 saturated carbocycles. The smallest absolute Gasteiger partial charge is 0.159 e. The molecule has 3 nitrogen and oxygen atoms in total. The van der Waals surface area contributed by atoms with Gasteiger partial charge in [0.25, 0.3) is 0 Å². The molecule has 0 N–H and O–H groups in total. The summed E-state index contributed by atoms with van der Waals surface area (Å²) >= 11 is 0. The second-order valence-corrected chi connectivity index (χ2v) is 6.55. The highest BCUT2D eigenvalue weighted by Crippen LogP contribution is 2.23. The Bertz CT molecular complexity index is 653. The van der Waals surface area contributed by atoms with Crippen molar-refractivity contribution in [2.45, 2.75) is 32.2 Å². The van der Waals surface area contributed by atoms with Crippen molar-refractivity contribution in [1.82, 2.24) is 14.7 Å². The molecule has 3 rings (SSSR count). The van der Waals surface area contributed by atoms with E-state index in [1.165, 1.54) is 30.5 Å². The molecule has 1 atom stereocenters. The first-order valence-corrected chi connectivity index (χ1v) is 8.24. The summed E-state index contributed by atoms with van der Waals surface area (Å²) in [6, 6.07) is 4.24. The molecular formula is C18H23F2N3. The zero-order valence-corrected chi connectivity index (χ0v) is 13.5. The number of benzene rings is 1. The van der Waals surface area contributed by atoms with E-state index in [1.807, 2.05) is 17.9 Å². The van der Waals surface area contributed by atoms with E-state index in [4.69, 9.17) is 0 Å². The number of rotatable bonds is 5. The normalized spacial score (nSPS) is 19.2. The Labute approximate surface area is 135 Å². The lowest BCUT2D eigenvalue weighted by atomic mass is 9.91. The molecule has 1 aromatic heterocycles. The zero-order valence-electron chi connectivity index (χ0n) is 13.5. The van der Waals surface area contributed by atoms with Gasteiger partial charge in [-0.3, -0.25) is 9.58 Å². The lowest BCUT2D eigenvalue weighted by Crippen LogP contribution is -2.35. The maximum atomic E-state index is 13.3. The van der Waals surface area contributed by atoms with Crippen molar-refractivity contribution in [3.8, 4) is 0 Å². The van der Waals surface area contributed by atoms with Crippen molar-refractivity contribution in [3.63, 3.8) is 0 Å². The summed E-state index contributed by atoms with van der Waals surface area (Å²) in [5, 5.41) is 4.22. The highest BCUT2D eigenvalue weighted by atomic mass is 19.2. The Morgan fingerprint density at radius 2 is 2.09 bits per heavy atom. The van der Waals surface area contributed by atoms with Crippen LogP contribution in [-0.2, 0) is 20.0 Å². The molecule has 0 radical (unpaired) electrons. The second-order valence-electron chi connectivity index (χ2n) is 6.55. The number of nitrogens with zero attached hydrogens (tertiary/aromatic N) is 3.